The van der Waals surface area contributed by atoms with Gasteiger partial charge in [0.05, 0.1) is 18.8 Å². The minimum atomic E-state index is 0.305. The molecule has 0 spiro atoms. The van der Waals surface area contributed by atoms with E-state index >= 15 is 0 Å². The van der Waals surface area contributed by atoms with Gasteiger partial charge in [0.2, 0.25) is 0 Å². The van der Waals surface area contributed by atoms with Crippen LogP contribution in [0.1, 0.15) is 33.1 Å². The van der Waals surface area contributed by atoms with Crippen LogP contribution in [-0.2, 0) is 9.47 Å². The first-order valence-electron chi connectivity index (χ1n) is 4.53. The Morgan fingerprint density at radius 3 is 2.83 bits per heavy atom. The van der Waals surface area contributed by atoms with E-state index in [1.54, 1.807) is 0 Å². The molecule has 0 radical (unpaired) electrons. The highest BCUT2D eigenvalue weighted by molar-refractivity contribution is 7.80. The molecule has 70 valence electrons. The van der Waals surface area contributed by atoms with Gasteiger partial charge in [-0.2, -0.15) is 0 Å². The Morgan fingerprint density at radius 2 is 2.33 bits per heavy atom. The summed E-state index contributed by atoms with van der Waals surface area (Å²) in [6, 6.07) is 0. The molecule has 0 bridgehead atoms. The van der Waals surface area contributed by atoms with E-state index in [4.69, 9.17) is 21.7 Å². The average molecular weight is 188 g/mol. The molecule has 12 heavy (non-hydrogen) atoms. The van der Waals surface area contributed by atoms with Gasteiger partial charge < -0.3 is 9.47 Å². The maximum Gasteiger partial charge on any atom is 0.162 e. The van der Waals surface area contributed by atoms with Gasteiger partial charge in [-0.25, -0.2) is 0 Å². The van der Waals surface area contributed by atoms with Gasteiger partial charge in [-0.05, 0) is 38.9 Å². The summed E-state index contributed by atoms with van der Waals surface area (Å²) in [5, 5.41) is 0.691. The maximum atomic E-state index is 5.61. The number of hydrogen-bond acceptors (Lipinski definition) is 3. The molecule has 0 aromatic heterocycles. The van der Waals surface area contributed by atoms with Crippen molar-refractivity contribution in [2.24, 2.45) is 0 Å². The molecule has 0 aromatic rings. The van der Waals surface area contributed by atoms with Crippen LogP contribution in [0.4, 0.5) is 0 Å². The molecule has 1 saturated heterocycles. The van der Waals surface area contributed by atoms with Gasteiger partial charge in [-0.1, -0.05) is 0 Å². The molecule has 1 rings (SSSR count). The topological polar surface area (TPSA) is 18.5 Å². The van der Waals surface area contributed by atoms with Crippen molar-refractivity contribution in [2.75, 3.05) is 6.61 Å². The fourth-order valence-corrected chi connectivity index (χ4v) is 1.74. The number of rotatable bonds is 3. The molecule has 0 saturated carbocycles. The summed E-state index contributed by atoms with van der Waals surface area (Å²) >= 11 is 5.03. The summed E-state index contributed by atoms with van der Waals surface area (Å²) in [4.78, 5) is 0. The van der Waals surface area contributed by atoms with Gasteiger partial charge in [0, 0.05) is 6.42 Å². The second-order valence-corrected chi connectivity index (χ2v) is 3.61. The minimum absolute atomic E-state index is 0.305. The van der Waals surface area contributed by atoms with E-state index in [0.717, 1.165) is 19.3 Å². The second-order valence-electron chi connectivity index (χ2n) is 3.16. The lowest BCUT2D eigenvalue weighted by Gasteiger charge is -2.11. The summed E-state index contributed by atoms with van der Waals surface area (Å²) in [5.41, 5.74) is 0. The molecular weight excluding hydrogens is 172 g/mol. The van der Waals surface area contributed by atoms with Crippen LogP contribution >= 0.6 is 12.2 Å². The molecule has 2 unspecified atom stereocenters. The molecule has 1 fully saturated rings. The molecule has 1 aliphatic heterocycles. The third kappa shape index (κ3) is 3.07. The van der Waals surface area contributed by atoms with E-state index in [-0.39, 0.29) is 0 Å². The highest BCUT2D eigenvalue weighted by Gasteiger charge is 2.22. The highest BCUT2D eigenvalue weighted by Crippen LogP contribution is 2.21. The molecule has 2 nitrogen and oxygen atoms in total. The van der Waals surface area contributed by atoms with Gasteiger partial charge in [0.15, 0.2) is 5.05 Å². The van der Waals surface area contributed by atoms with E-state index in [9.17, 15) is 0 Å². The van der Waals surface area contributed by atoms with Gasteiger partial charge >= 0.3 is 0 Å². The lowest BCUT2D eigenvalue weighted by Crippen LogP contribution is -2.14. The van der Waals surface area contributed by atoms with Crippen molar-refractivity contribution >= 4 is 17.3 Å². The average Bonchev–Trinajstić information content (AvgIpc) is 2.36. The lowest BCUT2D eigenvalue weighted by molar-refractivity contribution is 0.0576. The van der Waals surface area contributed by atoms with Crippen molar-refractivity contribution in [2.45, 2.75) is 45.3 Å². The molecule has 0 aliphatic carbocycles. The fraction of sp³-hybridized carbons (Fsp3) is 0.889. The maximum absolute atomic E-state index is 5.61. The van der Waals surface area contributed by atoms with Gasteiger partial charge in [0.1, 0.15) is 0 Å². The summed E-state index contributed by atoms with van der Waals surface area (Å²) in [5.74, 6) is 0. The fourth-order valence-electron chi connectivity index (χ4n) is 1.44. The molecule has 0 amide bonds. The summed E-state index contributed by atoms with van der Waals surface area (Å²) < 4.78 is 10.8. The molecule has 3 heteroatoms. The van der Waals surface area contributed by atoms with Gasteiger partial charge in [-0.15, -0.1) is 0 Å². The Bertz CT molecular complexity index is 159. The highest BCUT2D eigenvalue weighted by atomic mass is 32.1. The van der Waals surface area contributed by atoms with Crippen molar-refractivity contribution in [1.29, 1.82) is 0 Å². The number of ether oxygens (including phenoxy) is 2. The van der Waals surface area contributed by atoms with Crippen molar-refractivity contribution in [3.8, 4) is 0 Å². The van der Waals surface area contributed by atoms with E-state index in [1.807, 2.05) is 6.92 Å². The Labute approximate surface area is 79.2 Å². The number of hydrogen-bond donors (Lipinski definition) is 0. The molecular formula is C9H16O2S. The van der Waals surface area contributed by atoms with Crippen LogP contribution in [0.3, 0.4) is 0 Å². The largest absolute Gasteiger partial charge is 0.487 e. The van der Waals surface area contributed by atoms with Crippen LogP contribution in [0.15, 0.2) is 0 Å². The van der Waals surface area contributed by atoms with Crippen molar-refractivity contribution in [1.82, 2.24) is 0 Å². The van der Waals surface area contributed by atoms with E-state index in [0.29, 0.717) is 23.9 Å². The Hall–Kier alpha value is -0.150. The van der Waals surface area contributed by atoms with Crippen LogP contribution in [0.2, 0.25) is 0 Å². The third-order valence-corrected chi connectivity index (χ3v) is 2.30. The smallest absolute Gasteiger partial charge is 0.162 e. The SMILES string of the molecule is CCOC(=S)CC1CCC(C)O1. The zero-order valence-electron chi connectivity index (χ0n) is 7.71. The van der Waals surface area contributed by atoms with E-state index in [2.05, 4.69) is 6.92 Å². The first kappa shape index (κ1) is 9.93. The Kier molecular flexibility index (Phi) is 3.95. The standard InChI is InChI=1S/C9H16O2S/c1-3-10-9(12)6-8-5-4-7(2)11-8/h7-8H,3-6H2,1-2H3. The summed E-state index contributed by atoms with van der Waals surface area (Å²) in [6.07, 6.45) is 3.76. The molecule has 1 aliphatic rings. The predicted octanol–water partition coefficient (Wildman–Crippen LogP) is 2.31. The van der Waals surface area contributed by atoms with Crippen molar-refractivity contribution in [3.63, 3.8) is 0 Å². The molecule has 0 aromatic carbocycles. The third-order valence-electron chi connectivity index (χ3n) is 2.02. The number of thiocarbonyl (C=S) groups is 1. The first-order valence-corrected chi connectivity index (χ1v) is 4.94. The van der Waals surface area contributed by atoms with Crippen LogP contribution < -0.4 is 0 Å². The van der Waals surface area contributed by atoms with E-state index < -0.39 is 0 Å². The Morgan fingerprint density at radius 1 is 1.58 bits per heavy atom. The normalized spacial score (nSPS) is 28.8. The zero-order chi connectivity index (χ0) is 8.97. The lowest BCUT2D eigenvalue weighted by atomic mass is 10.2. The summed E-state index contributed by atoms with van der Waals surface area (Å²) in [6.45, 7) is 4.72. The van der Waals surface area contributed by atoms with Crippen molar-refractivity contribution in [3.05, 3.63) is 0 Å². The van der Waals surface area contributed by atoms with Gasteiger partial charge in [-0.3, -0.25) is 0 Å². The van der Waals surface area contributed by atoms with Gasteiger partial charge in [0.25, 0.3) is 0 Å². The van der Waals surface area contributed by atoms with Crippen LogP contribution in [-0.4, -0.2) is 23.9 Å². The first-order chi connectivity index (χ1) is 5.72. The quantitative estimate of drug-likeness (QED) is 0.633. The minimum Gasteiger partial charge on any atom is -0.487 e. The van der Waals surface area contributed by atoms with Crippen molar-refractivity contribution < 1.29 is 9.47 Å². The predicted molar refractivity (Wildman–Crippen MR) is 52.4 cm³/mol. The monoisotopic (exact) mass is 188 g/mol. The molecule has 0 N–H and O–H groups in total. The zero-order valence-corrected chi connectivity index (χ0v) is 8.52. The van der Waals surface area contributed by atoms with E-state index in [1.165, 1.54) is 0 Å². The molecule has 2 atom stereocenters. The molecule has 1 heterocycles. The second kappa shape index (κ2) is 4.77. The Balaban J connectivity index is 2.18. The van der Waals surface area contributed by atoms with Crippen LogP contribution in [0.25, 0.3) is 0 Å². The van der Waals surface area contributed by atoms with Crippen LogP contribution in [0, 0.1) is 0 Å². The van der Waals surface area contributed by atoms with Crippen LogP contribution in [0.5, 0.6) is 0 Å². The summed E-state index contributed by atoms with van der Waals surface area (Å²) in [7, 11) is 0.